The van der Waals surface area contributed by atoms with Crippen molar-refractivity contribution in [1.29, 1.82) is 0 Å². The minimum Gasteiger partial charge on any atom is -0.365 e. The van der Waals surface area contributed by atoms with E-state index in [1.807, 2.05) is 30.5 Å². The summed E-state index contributed by atoms with van der Waals surface area (Å²) in [6.07, 6.45) is 3.44. The van der Waals surface area contributed by atoms with E-state index in [1.54, 1.807) is 35.9 Å². The number of hydrogen-bond donors (Lipinski definition) is 1. The highest BCUT2D eigenvalue weighted by Gasteiger charge is 2.14. The molecule has 0 aliphatic rings. The van der Waals surface area contributed by atoms with Crippen LogP contribution in [0.1, 0.15) is 11.1 Å². The number of nitrogens with one attached hydrogen (secondary N) is 1. The second kappa shape index (κ2) is 7.08. The first-order chi connectivity index (χ1) is 13.1. The Hall–Kier alpha value is -3.39. The van der Waals surface area contributed by atoms with E-state index in [9.17, 15) is 10.1 Å². The van der Waals surface area contributed by atoms with Gasteiger partial charge < -0.3 is 5.32 Å². The summed E-state index contributed by atoms with van der Waals surface area (Å²) in [5, 5.41) is 17.3. The normalized spacial score (nSPS) is 10.9. The lowest BCUT2D eigenvalue weighted by Gasteiger charge is -2.10. The number of nitrogens with zero attached hydrogens (tertiary/aromatic N) is 4. The molecule has 0 saturated carbocycles. The molecule has 7 nitrogen and oxygen atoms in total. The molecule has 0 saturated heterocycles. The number of nitro groups is 1. The van der Waals surface area contributed by atoms with E-state index in [0.29, 0.717) is 18.2 Å². The Morgan fingerprint density at radius 1 is 1.22 bits per heavy atom. The highest BCUT2D eigenvalue weighted by atomic mass is 32.1. The Balaban J connectivity index is 1.71. The zero-order valence-electron chi connectivity index (χ0n) is 14.4. The molecule has 0 aliphatic heterocycles. The van der Waals surface area contributed by atoms with Crippen molar-refractivity contribution in [2.75, 3.05) is 5.32 Å². The van der Waals surface area contributed by atoms with Crippen molar-refractivity contribution in [2.45, 2.75) is 13.5 Å². The molecule has 0 unspecified atom stereocenters. The Morgan fingerprint density at radius 3 is 2.89 bits per heavy atom. The lowest BCUT2D eigenvalue weighted by Crippen LogP contribution is -2.04. The van der Waals surface area contributed by atoms with Gasteiger partial charge in [-0.1, -0.05) is 12.1 Å². The van der Waals surface area contributed by atoms with Gasteiger partial charge in [-0.15, -0.1) is 11.3 Å². The molecule has 8 heteroatoms. The molecule has 1 aromatic carbocycles. The molecule has 3 aromatic heterocycles. The van der Waals surface area contributed by atoms with Gasteiger partial charge in [0.05, 0.1) is 10.3 Å². The molecule has 0 aliphatic carbocycles. The molecule has 134 valence electrons. The predicted molar refractivity (Wildman–Crippen MR) is 106 cm³/mol. The van der Waals surface area contributed by atoms with Crippen LogP contribution in [0.5, 0.6) is 0 Å². The molecule has 0 spiro atoms. The molecule has 3 heterocycles. The second-order valence-corrected chi connectivity index (χ2v) is 6.88. The van der Waals surface area contributed by atoms with Crippen molar-refractivity contribution in [3.8, 4) is 11.4 Å². The molecule has 0 radical (unpaired) electrons. The van der Waals surface area contributed by atoms with Crippen molar-refractivity contribution >= 4 is 33.1 Å². The Labute approximate surface area is 158 Å². The third-order valence-corrected chi connectivity index (χ3v) is 5.11. The molecule has 27 heavy (non-hydrogen) atoms. The number of nitro benzene ring substituents is 1. The first kappa shape index (κ1) is 17.0. The second-order valence-electron chi connectivity index (χ2n) is 6.02. The number of aryl methyl sites for hydroxylation is 1. The lowest BCUT2D eigenvalue weighted by atomic mass is 10.2. The number of non-ortho nitro benzene ring substituents is 1. The number of rotatable bonds is 5. The summed E-state index contributed by atoms with van der Waals surface area (Å²) in [5.74, 6) is 1.31. The fourth-order valence-electron chi connectivity index (χ4n) is 2.80. The fraction of sp³-hybridized carbons (Fsp3) is 0.105. The minimum absolute atomic E-state index is 0.0740. The average Bonchev–Trinajstić information content (AvgIpc) is 3.08. The van der Waals surface area contributed by atoms with Crippen LogP contribution in [0.25, 0.3) is 21.6 Å². The van der Waals surface area contributed by atoms with Crippen LogP contribution in [0, 0.1) is 17.0 Å². The van der Waals surface area contributed by atoms with Gasteiger partial charge in [0, 0.05) is 36.6 Å². The number of hydrogen-bond acceptors (Lipinski definition) is 7. The Morgan fingerprint density at radius 2 is 2.11 bits per heavy atom. The first-order valence-electron chi connectivity index (χ1n) is 8.25. The van der Waals surface area contributed by atoms with Crippen molar-refractivity contribution in [3.05, 3.63) is 75.4 Å². The molecule has 0 amide bonds. The molecule has 4 aromatic rings. The Bertz CT molecular complexity index is 1130. The summed E-state index contributed by atoms with van der Waals surface area (Å²) in [4.78, 5) is 25.0. The van der Waals surface area contributed by atoms with Crippen LogP contribution in [0.4, 0.5) is 11.5 Å². The van der Waals surface area contributed by atoms with Crippen molar-refractivity contribution in [2.24, 2.45) is 0 Å². The van der Waals surface area contributed by atoms with E-state index >= 15 is 0 Å². The van der Waals surface area contributed by atoms with Crippen molar-refractivity contribution in [3.63, 3.8) is 0 Å². The molecule has 0 atom stereocenters. The van der Waals surface area contributed by atoms with E-state index in [0.717, 1.165) is 26.9 Å². The van der Waals surface area contributed by atoms with E-state index in [-0.39, 0.29) is 5.69 Å². The lowest BCUT2D eigenvalue weighted by molar-refractivity contribution is -0.384. The molecule has 0 bridgehead atoms. The maximum Gasteiger partial charge on any atom is 0.269 e. The predicted octanol–water partition coefficient (Wildman–Crippen LogP) is 4.58. The van der Waals surface area contributed by atoms with Crippen LogP contribution in [-0.4, -0.2) is 19.9 Å². The third kappa shape index (κ3) is 3.47. The molecule has 1 N–H and O–H groups in total. The average molecular weight is 377 g/mol. The van der Waals surface area contributed by atoms with Gasteiger partial charge in [-0.25, -0.2) is 9.97 Å². The number of anilines is 1. The fourth-order valence-corrected chi connectivity index (χ4v) is 3.72. The van der Waals surface area contributed by atoms with Gasteiger partial charge in [-0.3, -0.25) is 15.1 Å². The van der Waals surface area contributed by atoms with Crippen LogP contribution in [0.15, 0.2) is 54.2 Å². The number of thiophene rings is 1. The maximum atomic E-state index is 11.0. The quantitative estimate of drug-likeness (QED) is 0.404. The van der Waals surface area contributed by atoms with E-state index in [2.05, 4.69) is 20.3 Å². The zero-order chi connectivity index (χ0) is 18.8. The summed E-state index contributed by atoms with van der Waals surface area (Å²) in [6.45, 7) is 2.44. The molecule has 0 fully saturated rings. The van der Waals surface area contributed by atoms with E-state index < -0.39 is 4.92 Å². The number of benzene rings is 1. The van der Waals surface area contributed by atoms with Crippen LogP contribution >= 0.6 is 11.3 Å². The zero-order valence-corrected chi connectivity index (χ0v) is 15.2. The van der Waals surface area contributed by atoms with Gasteiger partial charge >= 0.3 is 0 Å². The van der Waals surface area contributed by atoms with Crippen molar-refractivity contribution < 1.29 is 4.92 Å². The topological polar surface area (TPSA) is 93.8 Å². The third-order valence-electron chi connectivity index (χ3n) is 4.12. The van der Waals surface area contributed by atoms with Crippen LogP contribution in [0.2, 0.25) is 0 Å². The van der Waals surface area contributed by atoms with Gasteiger partial charge in [0.2, 0.25) is 0 Å². The highest BCUT2D eigenvalue weighted by molar-refractivity contribution is 7.17. The van der Waals surface area contributed by atoms with Gasteiger partial charge in [0.25, 0.3) is 5.69 Å². The molecular weight excluding hydrogens is 362 g/mol. The van der Waals surface area contributed by atoms with Gasteiger partial charge in [0.1, 0.15) is 10.6 Å². The van der Waals surface area contributed by atoms with Crippen LogP contribution < -0.4 is 5.32 Å². The molecule has 4 rings (SSSR count). The van der Waals surface area contributed by atoms with Crippen LogP contribution in [0.3, 0.4) is 0 Å². The largest absolute Gasteiger partial charge is 0.365 e. The van der Waals surface area contributed by atoms with Gasteiger partial charge in [-0.2, -0.15) is 0 Å². The number of fused-ring (bicyclic) bond motifs is 1. The Kier molecular flexibility index (Phi) is 4.47. The number of aromatic nitrogens is 3. The summed E-state index contributed by atoms with van der Waals surface area (Å²) < 4.78 is 0. The van der Waals surface area contributed by atoms with Crippen LogP contribution in [-0.2, 0) is 6.54 Å². The number of pyridine rings is 1. The van der Waals surface area contributed by atoms with E-state index in [4.69, 9.17) is 0 Å². The van der Waals surface area contributed by atoms with Gasteiger partial charge in [-0.05, 0) is 35.6 Å². The maximum absolute atomic E-state index is 11.0. The SMILES string of the molecule is Cc1csc2nc(-c3cccnc3)nc(NCc3cccc([N+](=O)[O-])c3)c12. The van der Waals surface area contributed by atoms with Gasteiger partial charge in [0.15, 0.2) is 5.82 Å². The highest BCUT2D eigenvalue weighted by Crippen LogP contribution is 2.32. The standard InChI is InChI=1S/C19H15N5O2S/c1-12-11-27-19-16(12)18(22-17(23-19)14-5-3-7-20-10-14)21-9-13-4-2-6-15(8-13)24(25)26/h2-8,10-11H,9H2,1H3,(H,21,22,23). The minimum atomic E-state index is -0.393. The summed E-state index contributed by atoms with van der Waals surface area (Å²) >= 11 is 1.56. The van der Waals surface area contributed by atoms with Crippen molar-refractivity contribution in [1.82, 2.24) is 15.0 Å². The monoisotopic (exact) mass is 377 g/mol. The first-order valence-corrected chi connectivity index (χ1v) is 9.13. The molecular formula is C19H15N5O2S. The summed E-state index contributed by atoms with van der Waals surface area (Å²) in [5.41, 5.74) is 2.81. The summed E-state index contributed by atoms with van der Waals surface area (Å²) in [7, 11) is 0. The smallest absolute Gasteiger partial charge is 0.269 e. The van der Waals surface area contributed by atoms with E-state index in [1.165, 1.54) is 6.07 Å². The summed E-state index contributed by atoms with van der Waals surface area (Å²) in [6, 6.07) is 10.3.